The highest BCUT2D eigenvalue weighted by Crippen LogP contribution is 2.25. The van der Waals surface area contributed by atoms with Gasteiger partial charge in [0.2, 0.25) is 5.95 Å². The van der Waals surface area contributed by atoms with E-state index >= 15 is 0 Å². The summed E-state index contributed by atoms with van der Waals surface area (Å²) in [6.45, 7) is 11.8. The average molecular weight is 210 g/mol. The van der Waals surface area contributed by atoms with E-state index in [1.54, 1.807) is 6.20 Å². The smallest absolute Gasteiger partial charge is 0.235 e. The van der Waals surface area contributed by atoms with Gasteiger partial charge in [-0.25, -0.2) is 4.98 Å². The molecule has 0 aliphatic rings. The highest BCUT2D eigenvalue weighted by atomic mass is 19.1. The first-order chi connectivity index (χ1) is 6.62. The molecule has 0 spiro atoms. The Hall–Kier alpha value is -0.990. The van der Waals surface area contributed by atoms with E-state index in [2.05, 4.69) is 9.97 Å². The van der Waals surface area contributed by atoms with E-state index in [4.69, 9.17) is 0 Å². The van der Waals surface area contributed by atoms with Crippen molar-refractivity contribution in [2.24, 2.45) is 0 Å². The van der Waals surface area contributed by atoms with E-state index in [1.807, 2.05) is 41.5 Å². The largest absolute Gasteiger partial charge is 0.254 e. The lowest BCUT2D eigenvalue weighted by Crippen LogP contribution is -2.21. The molecule has 1 heterocycles. The van der Waals surface area contributed by atoms with Crippen LogP contribution in [0, 0.1) is 5.95 Å². The van der Waals surface area contributed by atoms with E-state index in [-0.39, 0.29) is 10.8 Å². The molecule has 2 nitrogen and oxygen atoms in total. The van der Waals surface area contributed by atoms with Crippen molar-refractivity contribution in [3.05, 3.63) is 23.5 Å². The van der Waals surface area contributed by atoms with Crippen LogP contribution in [-0.4, -0.2) is 9.97 Å². The van der Waals surface area contributed by atoms with Crippen molar-refractivity contribution in [1.82, 2.24) is 9.97 Å². The van der Waals surface area contributed by atoms with Crippen LogP contribution < -0.4 is 0 Å². The zero-order chi connectivity index (χ0) is 11.9. The van der Waals surface area contributed by atoms with Gasteiger partial charge >= 0.3 is 0 Å². The minimum atomic E-state index is -0.449. The molecule has 0 aliphatic carbocycles. The van der Waals surface area contributed by atoms with E-state index in [0.717, 1.165) is 0 Å². The first-order valence-electron chi connectivity index (χ1n) is 5.16. The standard InChI is InChI=1S/C12H19FN2/c1-11(2,3)8-7-14-9(10(13)15-8)12(4,5)6/h7H,1-6H3. The molecule has 3 heteroatoms. The summed E-state index contributed by atoms with van der Waals surface area (Å²) in [4.78, 5) is 8.16. The van der Waals surface area contributed by atoms with Crippen molar-refractivity contribution in [2.75, 3.05) is 0 Å². The molecule has 0 unspecified atom stereocenters. The first-order valence-corrected chi connectivity index (χ1v) is 5.16. The summed E-state index contributed by atoms with van der Waals surface area (Å²) in [5.74, 6) is -0.449. The molecule has 15 heavy (non-hydrogen) atoms. The number of hydrogen-bond donors (Lipinski definition) is 0. The number of aromatic nitrogens is 2. The predicted molar refractivity (Wildman–Crippen MR) is 59.4 cm³/mol. The average Bonchev–Trinajstić information content (AvgIpc) is 1.99. The molecular formula is C12H19FN2. The molecule has 0 bridgehead atoms. The van der Waals surface area contributed by atoms with Crippen molar-refractivity contribution in [3.8, 4) is 0 Å². The molecule has 0 N–H and O–H groups in total. The fraction of sp³-hybridized carbons (Fsp3) is 0.667. The van der Waals surface area contributed by atoms with Gasteiger partial charge in [-0.2, -0.15) is 4.39 Å². The van der Waals surface area contributed by atoms with Crippen LogP contribution in [0.2, 0.25) is 0 Å². The molecule has 0 fully saturated rings. The summed E-state index contributed by atoms with van der Waals surface area (Å²) in [5, 5.41) is 0. The second-order valence-corrected chi connectivity index (χ2v) is 5.89. The van der Waals surface area contributed by atoms with Crippen LogP contribution in [0.15, 0.2) is 6.20 Å². The SMILES string of the molecule is CC(C)(C)c1cnc(C(C)(C)C)c(F)n1. The Balaban J connectivity index is 3.21. The Kier molecular flexibility index (Phi) is 2.85. The normalized spacial score (nSPS) is 13.0. The van der Waals surface area contributed by atoms with E-state index in [9.17, 15) is 4.39 Å². The molecule has 1 aromatic heterocycles. The van der Waals surface area contributed by atoms with Crippen molar-refractivity contribution in [2.45, 2.75) is 52.4 Å². The molecule has 0 saturated heterocycles. The minimum absolute atomic E-state index is 0.162. The van der Waals surface area contributed by atoms with Crippen molar-refractivity contribution in [3.63, 3.8) is 0 Å². The zero-order valence-electron chi connectivity index (χ0n) is 10.3. The molecule has 1 aromatic rings. The molecule has 0 radical (unpaired) electrons. The summed E-state index contributed by atoms with van der Waals surface area (Å²) < 4.78 is 13.7. The van der Waals surface area contributed by atoms with E-state index in [0.29, 0.717) is 11.4 Å². The van der Waals surface area contributed by atoms with Gasteiger partial charge in [-0.3, -0.25) is 4.98 Å². The maximum absolute atomic E-state index is 13.7. The van der Waals surface area contributed by atoms with Crippen LogP contribution in [0.5, 0.6) is 0 Å². The van der Waals surface area contributed by atoms with Gasteiger partial charge in [0.25, 0.3) is 0 Å². The molecule has 0 amide bonds. The summed E-state index contributed by atoms with van der Waals surface area (Å²) in [7, 11) is 0. The fourth-order valence-corrected chi connectivity index (χ4v) is 1.23. The second-order valence-electron chi connectivity index (χ2n) is 5.89. The number of hydrogen-bond acceptors (Lipinski definition) is 2. The highest BCUT2D eigenvalue weighted by Gasteiger charge is 2.24. The maximum atomic E-state index is 13.7. The van der Waals surface area contributed by atoms with Crippen LogP contribution in [0.4, 0.5) is 4.39 Å². The second kappa shape index (κ2) is 3.54. The van der Waals surface area contributed by atoms with Crippen molar-refractivity contribution >= 4 is 0 Å². The predicted octanol–water partition coefficient (Wildman–Crippen LogP) is 3.21. The third-order valence-electron chi connectivity index (χ3n) is 2.21. The zero-order valence-corrected chi connectivity index (χ0v) is 10.3. The number of nitrogens with zero attached hydrogens (tertiary/aromatic N) is 2. The molecule has 84 valence electrons. The summed E-state index contributed by atoms with van der Waals surface area (Å²) in [6, 6.07) is 0. The van der Waals surface area contributed by atoms with Crippen LogP contribution in [0.1, 0.15) is 52.9 Å². The lowest BCUT2D eigenvalue weighted by Gasteiger charge is -2.21. The molecule has 0 aliphatic heterocycles. The molecular weight excluding hydrogens is 191 g/mol. The van der Waals surface area contributed by atoms with Gasteiger partial charge < -0.3 is 0 Å². The van der Waals surface area contributed by atoms with Crippen LogP contribution >= 0.6 is 0 Å². The maximum Gasteiger partial charge on any atom is 0.235 e. The Morgan fingerprint density at radius 1 is 1.00 bits per heavy atom. The van der Waals surface area contributed by atoms with E-state index in [1.165, 1.54) is 0 Å². The summed E-state index contributed by atoms with van der Waals surface area (Å²) in [5.41, 5.74) is 0.654. The highest BCUT2D eigenvalue weighted by molar-refractivity contribution is 5.16. The molecule has 0 saturated carbocycles. The lowest BCUT2D eigenvalue weighted by molar-refractivity contribution is 0.458. The van der Waals surface area contributed by atoms with Gasteiger partial charge in [0.05, 0.1) is 5.69 Å². The molecule has 0 aromatic carbocycles. The third-order valence-corrected chi connectivity index (χ3v) is 2.21. The lowest BCUT2D eigenvalue weighted by atomic mass is 9.90. The number of rotatable bonds is 0. The van der Waals surface area contributed by atoms with Crippen LogP contribution in [-0.2, 0) is 10.8 Å². The Morgan fingerprint density at radius 2 is 1.53 bits per heavy atom. The summed E-state index contributed by atoms with van der Waals surface area (Å²) >= 11 is 0. The van der Waals surface area contributed by atoms with Gasteiger partial charge in [0.1, 0.15) is 5.69 Å². The topological polar surface area (TPSA) is 25.8 Å². The fourth-order valence-electron chi connectivity index (χ4n) is 1.23. The van der Waals surface area contributed by atoms with Crippen molar-refractivity contribution < 1.29 is 4.39 Å². The first kappa shape index (κ1) is 12.1. The summed E-state index contributed by atoms with van der Waals surface area (Å²) in [6.07, 6.45) is 1.67. The quantitative estimate of drug-likeness (QED) is 0.657. The Labute approximate surface area is 91.0 Å². The van der Waals surface area contributed by atoms with Gasteiger partial charge in [0.15, 0.2) is 0 Å². The van der Waals surface area contributed by atoms with Crippen molar-refractivity contribution in [1.29, 1.82) is 0 Å². The monoisotopic (exact) mass is 210 g/mol. The van der Waals surface area contributed by atoms with Gasteiger partial charge in [-0.15, -0.1) is 0 Å². The molecule has 1 rings (SSSR count). The third kappa shape index (κ3) is 2.74. The molecule has 0 atom stereocenters. The van der Waals surface area contributed by atoms with Crippen LogP contribution in [0.3, 0.4) is 0 Å². The van der Waals surface area contributed by atoms with Crippen LogP contribution in [0.25, 0.3) is 0 Å². The van der Waals surface area contributed by atoms with Gasteiger partial charge in [-0.05, 0) is 0 Å². The van der Waals surface area contributed by atoms with Gasteiger partial charge in [-0.1, -0.05) is 41.5 Å². The van der Waals surface area contributed by atoms with E-state index < -0.39 is 5.95 Å². The Bertz CT molecular complexity index is 359. The minimum Gasteiger partial charge on any atom is -0.254 e. The Morgan fingerprint density at radius 3 is 1.87 bits per heavy atom. The number of halogens is 1. The van der Waals surface area contributed by atoms with Gasteiger partial charge in [0, 0.05) is 17.0 Å².